The third-order valence-corrected chi connectivity index (χ3v) is 4.91. The number of hydrogen-bond acceptors (Lipinski definition) is 3. The highest BCUT2D eigenvalue weighted by atomic mass is 16.2. The van der Waals surface area contributed by atoms with Gasteiger partial charge in [0.1, 0.15) is 6.04 Å². The lowest BCUT2D eigenvalue weighted by molar-refractivity contribution is -0.142. The SMILES string of the molecule is O=C(Nc1ccccc1)[C@@H]1CCCN1C(=O)CN1CCCCCC1=O. The van der Waals surface area contributed by atoms with E-state index < -0.39 is 6.04 Å². The zero-order valence-corrected chi connectivity index (χ0v) is 14.4. The normalized spacial score (nSPS) is 21.1. The van der Waals surface area contributed by atoms with Crippen LogP contribution in [0.1, 0.15) is 38.5 Å². The van der Waals surface area contributed by atoms with Gasteiger partial charge in [0.05, 0.1) is 6.54 Å². The van der Waals surface area contributed by atoms with Crippen LogP contribution in [0.4, 0.5) is 5.69 Å². The predicted molar refractivity (Wildman–Crippen MR) is 94.9 cm³/mol. The molecular formula is C19H25N3O3. The minimum atomic E-state index is -0.449. The van der Waals surface area contributed by atoms with Crippen molar-refractivity contribution >= 4 is 23.4 Å². The summed E-state index contributed by atoms with van der Waals surface area (Å²) in [5, 5.41) is 2.88. The Morgan fingerprint density at radius 3 is 2.64 bits per heavy atom. The van der Waals surface area contributed by atoms with Gasteiger partial charge in [0, 0.05) is 25.2 Å². The highest BCUT2D eigenvalue weighted by molar-refractivity contribution is 5.98. The average Bonchev–Trinajstić information content (AvgIpc) is 3.02. The Hall–Kier alpha value is -2.37. The Balaban J connectivity index is 1.61. The van der Waals surface area contributed by atoms with Crippen molar-refractivity contribution in [3.05, 3.63) is 30.3 Å². The van der Waals surface area contributed by atoms with E-state index in [9.17, 15) is 14.4 Å². The van der Waals surface area contributed by atoms with Crippen LogP contribution in [0.2, 0.25) is 0 Å². The van der Waals surface area contributed by atoms with Gasteiger partial charge in [0.25, 0.3) is 0 Å². The fraction of sp³-hybridized carbons (Fsp3) is 0.526. The maximum atomic E-state index is 12.7. The molecule has 0 radical (unpaired) electrons. The van der Waals surface area contributed by atoms with Crippen molar-refractivity contribution in [1.82, 2.24) is 9.80 Å². The Morgan fingerprint density at radius 1 is 1.04 bits per heavy atom. The van der Waals surface area contributed by atoms with Gasteiger partial charge in [0.15, 0.2) is 0 Å². The average molecular weight is 343 g/mol. The van der Waals surface area contributed by atoms with E-state index in [2.05, 4.69) is 5.32 Å². The lowest BCUT2D eigenvalue weighted by Gasteiger charge is -2.27. The maximum Gasteiger partial charge on any atom is 0.247 e. The summed E-state index contributed by atoms with van der Waals surface area (Å²) in [4.78, 5) is 40.6. The first-order chi connectivity index (χ1) is 12.1. The molecule has 25 heavy (non-hydrogen) atoms. The van der Waals surface area contributed by atoms with E-state index in [1.807, 2.05) is 30.3 Å². The molecule has 2 aliphatic rings. The van der Waals surface area contributed by atoms with Crippen LogP contribution in [0.15, 0.2) is 30.3 Å². The van der Waals surface area contributed by atoms with E-state index in [0.29, 0.717) is 25.9 Å². The van der Waals surface area contributed by atoms with Gasteiger partial charge in [0.2, 0.25) is 17.7 Å². The monoisotopic (exact) mass is 343 g/mol. The first kappa shape index (κ1) is 17.5. The maximum absolute atomic E-state index is 12.7. The van der Waals surface area contributed by atoms with E-state index in [1.165, 1.54) is 0 Å². The van der Waals surface area contributed by atoms with E-state index in [0.717, 1.165) is 31.4 Å². The number of para-hydroxylation sites is 1. The number of nitrogens with zero attached hydrogens (tertiary/aromatic N) is 2. The molecule has 1 atom stereocenters. The third kappa shape index (κ3) is 4.38. The topological polar surface area (TPSA) is 69.7 Å². The zero-order chi connectivity index (χ0) is 17.6. The van der Waals surface area contributed by atoms with Crippen molar-refractivity contribution in [2.24, 2.45) is 0 Å². The van der Waals surface area contributed by atoms with Crippen LogP contribution in [-0.2, 0) is 14.4 Å². The van der Waals surface area contributed by atoms with E-state index in [4.69, 9.17) is 0 Å². The molecule has 0 unspecified atom stereocenters. The van der Waals surface area contributed by atoms with Gasteiger partial charge in [-0.05, 0) is 37.8 Å². The van der Waals surface area contributed by atoms with Crippen LogP contribution in [0.25, 0.3) is 0 Å². The standard InChI is InChI=1S/C19H25N3O3/c23-17-11-5-2-6-12-21(17)14-18(24)22-13-7-10-16(22)19(25)20-15-8-3-1-4-9-15/h1,3-4,8-9,16H,2,5-7,10-14H2,(H,20,25)/t16-/m0/s1. The number of carbonyl (C=O) groups is 3. The van der Waals surface area contributed by atoms with Gasteiger partial charge < -0.3 is 15.1 Å². The molecular weight excluding hydrogens is 318 g/mol. The highest BCUT2D eigenvalue weighted by Gasteiger charge is 2.35. The Labute approximate surface area is 148 Å². The van der Waals surface area contributed by atoms with Crippen LogP contribution < -0.4 is 5.32 Å². The van der Waals surface area contributed by atoms with Crippen LogP contribution in [0, 0.1) is 0 Å². The summed E-state index contributed by atoms with van der Waals surface area (Å²) in [5.41, 5.74) is 0.731. The minimum Gasteiger partial charge on any atom is -0.333 e. The molecule has 2 fully saturated rings. The smallest absolute Gasteiger partial charge is 0.247 e. The van der Waals surface area contributed by atoms with Crippen molar-refractivity contribution < 1.29 is 14.4 Å². The Kier molecular flexibility index (Phi) is 5.68. The van der Waals surface area contributed by atoms with E-state index in [1.54, 1.807) is 9.80 Å². The van der Waals surface area contributed by atoms with Gasteiger partial charge in [-0.3, -0.25) is 14.4 Å². The molecule has 134 valence electrons. The summed E-state index contributed by atoms with van der Waals surface area (Å²) < 4.78 is 0. The van der Waals surface area contributed by atoms with E-state index in [-0.39, 0.29) is 24.3 Å². The Bertz CT molecular complexity index is 632. The van der Waals surface area contributed by atoms with Gasteiger partial charge in [-0.25, -0.2) is 0 Å². The van der Waals surface area contributed by atoms with Crippen molar-refractivity contribution in [3.8, 4) is 0 Å². The predicted octanol–water partition coefficient (Wildman–Crippen LogP) is 2.02. The fourth-order valence-corrected chi connectivity index (χ4v) is 3.54. The molecule has 0 bridgehead atoms. The molecule has 0 aliphatic carbocycles. The number of rotatable bonds is 4. The molecule has 3 rings (SSSR count). The molecule has 2 saturated heterocycles. The quantitative estimate of drug-likeness (QED) is 0.909. The fourth-order valence-electron chi connectivity index (χ4n) is 3.54. The number of carbonyl (C=O) groups excluding carboxylic acids is 3. The van der Waals surface area contributed by atoms with Gasteiger partial charge in [-0.1, -0.05) is 24.6 Å². The molecule has 1 N–H and O–H groups in total. The summed E-state index contributed by atoms with van der Waals surface area (Å²) in [7, 11) is 0. The number of anilines is 1. The minimum absolute atomic E-state index is 0.0512. The van der Waals surface area contributed by atoms with Crippen LogP contribution >= 0.6 is 0 Å². The summed E-state index contributed by atoms with van der Waals surface area (Å²) in [6.45, 7) is 1.31. The summed E-state index contributed by atoms with van der Waals surface area (Å²) in [6.07, 6.45) is 4.87. The first-order valence-corrected chi connectivity index (χ1v) is 9.08. The van der Waals surface area contributed by atoms with Gasteiger partial charge in [-0.2, -0.15) is 0 Å². The molecule has 0 spiro atoms. The molecule has 1 aromatic carbocycles. The summed E-state index contributed by atoms with van der Waals surface area (Å²) in [6, 6.07) is 8.81. The lowest BCUT2D eigenvalue weighted by Crippen LogP contribution is -2.48. The lowest BCUT2D eigenvalue weighted by atomic mass is 10.2. The number of amides is 3. The molecule has 1 aromatic rings. The van der Waals surface area contributed by atoms with Crippen molar-refractivity contribution in [2.75, 3.05) is 25.0 Å². The summed E-state index contributed by atoms with van der Waals surface area (Å²) >= 11 is 0. The number of nitrogens with one attached hydrogen (secondary N) is 1. The van der Waals surface area contributed by atoms with Crippen molar-refractivity contribution in [2.45, 2.75) is 44.6 Å². The second-order valence-corrected chi connectivity index (χ2v) is 6.73. The van der Waals surface area contributed by atoms with Gasteiger partial charge >= 0.3 is 0 Å². The molecule has 2 aliphatic heterocycles. The molecule has 3 amide bonds. The first-order valence-electron chi connectivity index (χ1n) is 9.08. The second-order valence-electron chi connectivity index (χ2n) is 6.73. The summed E-state index contributed by atoms with van der Waals surface area (Å²) in [5.74, 6) is -0.226. The number of benzene rings is 1. The van der Waals surface area contributed by atoms with Gasteiger partial charge in [-0.15, -0.1) is 0 Å². The zero-order valence-electron chi connectivity index (χ0n) is 14.4. The molecule has 2 heterocycles. The largest absolute Gasteiger partial charge is 0.333 e. The van der Waals surface area contributed by atoms with Crippen LogP contribution in [0.5, 0.6) is 0 Å². The number of likely N-dealkylation sites (tertiary alicyclic amines) is 2. The van der Waals surface area contributed by atoms with Crippen molar-refractivity contribution in [3.63, 3.8) is 0 Å². The molecule has 6 nitrogen and oxygen atoms in total. The molecule has 0 aromatic heterocycles. The van der Waals surface area contributed by atoms with Crippen LogP contribution in [-0.4, -0.2) is 53.2 Å². The Morgan fingerprint density at radius 2 is 1.84 bits per heavy atom. The molecule has 0 saturated carbocycles. The van der Waals surface area contributed by atoms with Crippen molar-refractivity contribution in [1.29, 1.82) is 0 Å². The van der Waals surface area contributed by atoms with Crippen LogP contribution in [0.3, 0.4) is 0 Å². The third-order valence-electron chi connectivity index (χ3n) is 4.91. The van der Waals surface area contributed by atoms with E-state index >= 15 is 0 Å². The second kappa shape index (κ2) is 8.14. The molecule has 6 heteroatoms. The highest BCUT2D eigenvalue weighted by Crippen LogP contribution is 2.20. The number of hydrogen-bond donors (Lipinski definition) is 1.